The zero-order valence-corrected chi connectivity index (χ0v) is 16.2. The smallest absolute Gasteiger partial charge is 0.319 e. The summed E-state index contributed by atoms with van der Waals surface area (Å²) in [5.41, 5.74) is 1.54. The molecule has 7 heteroatoms. The van der Waals surface area contributed by atoms with Crippen LogP contribution in [0.4, 0.5) is 10.5 Å². The molecule has 0 radical (unpaired) electrons. The third-order valence-electron chi connectivity index (χ3n) is 3.97. The Bertz CT molecular complexity index is 862. The van der Waals surface area contributed by atoms with E-state index in [4.69, 9.17) is 0 Å². The molecule has 3 rings (SSSR count). The maximum atomic E-state index is 12.5. The van der Waals surface area contributed by atoms with Crippen LogP contribution in [0.5, 0.6) is 0 Å². The van der Waals surface area contributed by atoms with Crippen molar-refractivity contribution in [1.82, 2.24) is 20.1 Å². The Hall–Kier alpha value is -2.67. The van der Waals surface area contributed by atoms with E-state index in [1.165, 1.54) is 0 Å². The number of amides is 2. The van der Waals surface area contributed by atoms with Crippen LogP contribution in [-0.4, -0.2) is 20.8 Å². The molecule has 0 aliphatic carbocycles. The Balaban J connectivity index is 1.67. The lowest BCUT2D eigenvalue weighted by molar-refractivity contribution is 0.230. The van der Waals surface area contributed by atoms with E-state index in [0.717, 1.165) is 16.1 Å². The predicted octanol–water partition coefficient (Wildman–Crippen LogP) is 4.45. The normalized spacial score (nSPS) is 12.6. The van der Waals surface area contributed by atoms with Crippen LogP contribution in [-0.2, 0) is 7.05 Å². The van der Waals surface area contributed by atoms with Gasteiger partial charge in [-0.15, -0.1) is 11.3 Å². The van der Waals surface area contributed by atoms with Crippen LogP contribution in [0.1, 0.15) is 31.7 Å². The van der Waals surface area contributed by atoms with Gasteiger partial charge in [0, 0.05) is 23.2 Å². The molecule has 0 bridgehead atoms. The number of aromatic nitrogens is 3. The number of anilines is 1. The Labute approximate surface area is 157 Å². The van der Waals surface area contributed by atoms with Crippen molar-refractivity contribution in [1.29, 1.82) is 0 Å². The molecule has 0 fully saturated rings. The van der Waals surface area contributed by atoms with Crippen LogP contribution < -0.4 is 10.6 Å². The lowest BCUT2D eigenvalue weighted by Gasteiger charge is -2.30. The summed E-state index contributed by atoms with van der Waals surface area (Å²) in [6, 6.07) is 11.3. The van der Waals surface area contributed by atoms with Crippen LogP contribution >= 0.6 is 11.3 Å². The summed E-state index contributed by atoms with van der Waals surface area (Å²) in [6.45, 7) is 6.35. The number of hydrogen-bond donors (Lipinski definition) is 2. The van der Waals surface area contributed by atoms with Crippen LogP contribution in [0.15, 0.2) is 48.1 Å². The van der Waals surface area contributed by atoms with E-state index in [9.17, 15) is 4.79 Å². The Kier molecular flexibility index (Phi) is 5.08. The zero-order valence-electron chi connectivity index (χ0n) is 15.4. The molecule has 2 aromatic heterocycles. The van der Waals surface area contributed by atoms with Crippen LogP contribution in [0.25, 0.3) is 11.4 Å². The van der Waals surface area contributed by atoms with Crippen molar-refractivity contribution < 1.29 is 4.79 Å². The number of benzene rings is 1. The van der Waals surface area contributed by atoms with Gasteiger partial charge < -0.3 is 10.6 Å². The molecule has 1 atom stereocenters. The van der Waals surface area contributed by atoms with Crippen molar-refractivity contribution in [3.8, 4) is 11.4 Å². The molecule has 0 aliphatic rings. The van der Waals surface area contributed by atoms with E-state index >= 15 is 0 Å². The van der Waals surface area contributed by atoms with E-state index in [0.29, 0.717) is 5.82 Å². The van der Waals surface area contributed by atoms with Gasteiger partial charge in [0.2, 0.25) is 0 Å². The number of aryl methyl sites for hydroxylation is 1. The average molecular weight is 369 g/mol. The van der Waals surface area contributed by atoms with Gasteiger partial charge in [0.05, 0.1) is 6.04 Å². The number of carbonyl (C=O) groups excluding carboxylic acids is 1. The molecule has 1 aromatic carbocycles. The lowest BCUT2D eigenvalue weighted by Crippen LogP contribution is -2.38. The quantitative estimate of drug-likeness (QED) is 0.713. The average Bonchev–Trinajstić information content (AvgIpc) is 3.24. The summed E-state index contributed by atoms with van der Waals surface area (Å²) in [7, 11) is 1.83. The number of carbonyl (C=O) groups is 1. The SMILES string of the molecule is Cn1cnc(-c2ccc(NC(=O)N[C@@H](c3cccs3)C(C)(C)C)cc2)n1. The van der Waals surface area contributed by atoms with E-state index in [-0.39, 0.29) is 17.5 Å². The maximum Gasteiger partial charge on any atom is 0.319 e. The summed E-state index contributed by atoms with van der Waals surface area (Å²) < 4.78 is 1.66. The molecular formula is C19H23N5OS. The van der Waals surface area contributed by atoms with Crippen LogP contribution in [0.3, 0.4) is 0 Å². The first kappa shape index (κ1) is 18.1. The number of thiophene rings is 1. The topological polar surface area (TPSA) is 71.8 Å². The Morgan fingerprint density at radius 3 is 2.46 bits per heavy atom. The third kappa shape index (κ3) is 4.29. The molecule has 0 unspecified atom stereocenters. The van der Waals surface area contributed by atoms with Gasteiger partial charge in [-0.3, -0.25) is 4.68 Å². The highest BCUT2D eigenvalue weighted by atomic mass is 32.1. The number of nitrogens with one attached hydrogen (secondary N) is 2. The largest absolute Gasteiger partial charge is 0.330 e. The van der Waals surface area contributed by atoms with Crippen molar-refractivity contribution >= 4 is 23.1 Å². The summed E-state index contributed by atoms with van der Waals surface area (Å²) in [4.78, 5) is 17.8. The van der Waals surface area contributed by atoms with E-state index in [2.05, 4.69) is 47.6 Å². The number of hydrogen-bond acceptors (Lipinski definition) is 4. The molecule has 3 aromatic rings. The molecule has 0 aliphatic heterocycles. The van der Waals surface area contributed by atoms with Gasteiger partial charge in [0.1, 0.15) is 6.33 Å². The fourth-order valence-corrected chi connectivity index (χ4v) is 3.66. The summed E-state index contributed by atoms with van der Waals surface area (Å²) in [6.07, 6.45) is 1.66. The number of rotatable bonds is 4. The highest BCUT2D eigenvalue weighted by Gasteiger charge is 2.28. The van der Waals surface area contributed by atoms with Gasteiger partial charge in [-0.25, -0.2) is 9.78 Å². The standard InChI is InChI=1S/C19H23N5OS/c1-19(2,3)16(15-6-5-11-26-15)22-18(25)21-14-9-7-13(8-10-14)17-20-12-24(4)23-17/h5-12,16H,1-4H3,(H2,21,22,25)/t16-/m0/s1. The van der Waals surface area contributed by atoms with E-state index in [1.54, 1.807) is 22.3 Å². The summed E-state index contributed by atoms with van der Waals surface area (Å²) >= 11 is 1.65. The monoisotopic (exact) mass is 369 g/mol. The molecule has 6 nitrogen and oxygen atoms in total. The van der Waals surface area contributed by atoms with Gasteiger partial charge in [0.15, 0.2) is 5.82 Å². The second-order valence-corrected chi connectivity index (χ2v) is 8.21. The summed E-state index contributed by atoms with van der Waals surface area (Å²) in [5.74, 6) is 0.661. The van der Waals surface area contributed by atoms with Crippen molar-refractivity contribution in [3.05, 3.63) is 53.0 Å². The van der Waals surface area contributed by atoms with E-state index < -0.39 is 0 Å². The maximum absolute atomic E-state index is 12.5. The number of nitrogens with zero attached hydrogens (tertiary/aromatic N) is 3. The van der Waals surface area contributed by atoms with Crippen molar-refractivity contribution in [2.45, 2.75) is 26.8 Å². The first-order valence-corrected chi connectivity index (χ1v) is 9.28. The van der Waals surface area contributed by atoms with Gasteiger partial charge >= 0.3 is 6.03 Å². The molecule has 136 valence electrons. The molecular weight excluding hydrogens is 346 g/mol. The molecule has 2 amide bonds. The Morgan fingerprint density at radius 1 is 1.19 bits per heavy atom. The number of urea groups is 1. The summed E-state index contributed by atoms with van der Waals surface area (Å²) in [5, 5.41) is 12.3. The van der Waals surface area contributed by atoms with Crippen LogP contribution in [0, 0.1) is 5.41 Å². The van der Waals surface area contributed by atoms with Gasteiger partial charge in [-0.05, 0) is 41.1 Å². The first-order chi connectivity index (χ1) is 12.3. The fourth-order valence-electron chi connectivity index (χ4n) is 2.64. The molecule has 0 spiro atoms. The second kappa shape index (κ2) is 7.29. The molecule has 2 N–H and O–H groups in total. The minimum absolute atomic E-state index is 0.0560. The van der Waals surface area contributed by atoms with Gasteiger partial charge in [0.25, 0.3) is 0 Å². The Morgan fingerprint density at radius 2 is 1.92 bits per heavy atom. The fraction of sp³-hybridized carbons (Fsp3) is 0.316. The molecule has 2 heterocycles. The lowest BCUT2D eigenvalue weighted by atomic mass is 9.86. The van der Waals surface area contributed by atoms with Gasteiger partial charge in [-0.2, -0.15) is 5.10 Å². The molecule has 0 saturated heterocycles. The minimum atomic E-state index is -0.220. The van der Waals surface area contributed by atoms with Crippen molar-refractivity contribution in [3.63, 3.8) is 0 Å². The van der Waals surface area contributed by atoms with E-state index in [1.807, 2.05) is 42.8 Å². The third-order valence-corrected chi connectivity index (χ3v) is 4.91. The van der Waals surface area contributed by atoms with Crippen LogP contribution in [0.2, 0.25) is 0 Å². The second-order valence-electron chi connectivity index (χ2n) is 7.23. The zero-order chi connectivity index (χ0) is 18.7. The predicted molar refractivity (Wildman–Crippen MR) is 105 cm³/mol. The van der Waals surface area contributed by atoms with Crippen molar-refractivity contribution in [2.24, 2.45) is 12.5 Å². The molecule has 26 heavy (non-hydrogen) atoms. The van der Waals surface area contributed by atoms with Gasteiger partial charge in [-0.1, -0.05) is 26.8 Å². The molecule has 0 saturated carbocycles. The minimum Gasteiger partial charge on any atom is -0.330 e. The highest BCUT2D eigenvalue weighted by Crippen LogP contribution is 2.35. The first-order valence-electron chi connectivity index (χ1n) is 8.40. The highest BCUT2D eigenvalue weighted by molar-refractivity contribution is 7.10. The van der Waals surface area contributed by atoms with Crippen molar-refractivity contribution in [2.75, 3.05) is 5.32 Å².